The molecule has 2 N–H and O–H groups in total. The maximum Gasteiger partial charge on any atom is 0.320 e. The molecule has 0 aliphatic heterocycles. The van der Waals surface area contributed by atoms with Gasteiger partial charge in [-0.2, -0.15) is 0 Å². The second kappa shape index (κ2) is 7.22. The van der Waals surface area contributed by atoms with Crippen LogP contribution in [-0.4, -0.2) is 47.6 Å². The normalized spacial score (nSPS) is 14.6. The number of rotatable bonds is 7. The SMILES string of the molecule is CCCCNC(=O)C(C)N(C)C(C)C(=O)O. The zero-order valence-corrected chi connectivity index (χ0v) is 10.5. The number of hydrogen-bond acceptors (Lipinski definition) is 3. The van der Waals surface area contributed by atoms with Crippen LogP contribution < -0.4 is 5.32 Å². The lowest BCUT2D eigenvalue weighted by atomic mass is 10.2. The molecule has 0 aromatic heterocycles. The van der Waals surface area contributed by atoms with E-state index in [0.29, 0.717) is 6.54 Å². The van der Waals surface area contributed by atoms with Gasteiger partial charge in [0, 0.05) is 6.54 Å². The predicted molar refractivity (Wildman–Crippen MR) is 62.2 cm³/mol. The Kier molecular flexibility index (Phi) is 6.72. The van der Waals surface area contributed by atoms with E-state index >= 15 is 0 Å². The van der Waals surface area contributed by atoms with Gasteiger partial charge in [0.15, 0.2) is 0 Å². The standard InChI is InChI=1S/C11H22N2O3/c1-5-6-7-12-10(14)8(2)13(4)9(3)11(15)16/h8-9H,5-7H2,1-4H3,(H,12,14)(H,15,16). The average Bonchev–Trinajstić information content (AvgIpc) is 2.26. The third kappa shape index (κ3) is 4.61. The second-order valence-corrected chi connectivity index (χ2v) is 4.00. The molecule has 0 spiro atoms. The number of hydrogen-bond donors (Lipinski definition) is 2. The van der Waals surface area contributed by atoms with Crippen LogP contribution in [0, 0.1) is 0 Å². The van der Waals surface area contributed by atoms with E-state index in [1.807, 2.05) is 6.92 Å². The Labute approximate surface area is 96.8 Å². The lowest BCUT2D eigenvalue weighted by molar-refractivity contribution is -0.143. The molecule has 0 rings (SSSR count). The van der Waals surface area contributed by atoms with Gasteiger partial charge >= 0.3 is 5.97 Å². The predicted octanol–water partition coefficient (Wildman–Crippen LogP) is 0.696. The number of amides is 1. The summed E-state index contributed by atoms with van der Waals surface area (Å²) < 4.78 is 0. The number of carbonyl (C=O) groups is 2. The van der Waals surface area contributed by atoms with Crippen LogP contribution in [0.1, 0.15) is 33.6 Å². The molecule has 0 radical (unpaired) electrons. The lowest BCUT2D eigenvalue weighted by Crippen LogP contribution is -2.49. The van der Waals surface area contributed by atoms with Crippen LogP contribution in [0.4, 0.5) is 0 Å². The molecule has 0 aromatic rings. The van der Waals surface area contributed by atoms with Crippen LogP contribution in [0.5, 0.6) is 0 Å². The van der Waals surface area contributed by atoms with Crippen molar-refractivity contribution in [3.05, 3.63) is 0 Å². The second-order valence-electron chi connectivity index (χ2n) is 4.00. The van der Waals surface area contributed by atoms with Crippen molar-refractivity contribution in [2.45, 2.75) is 45.7 Å². The largest absolute Gasteiger partial charge is 0.480 e. The van der Waals surface area contributed by atoms with Gasteiger partial charge in [-0.05, 0) is 27.3 Å². The Morgan fingerprint density at radius 2 is 1.88 bits per heavy atom. The molecule has 1 amide bonds. The van der Waals surface area contributed by atoms with Crippen LogP contribution in [-0.2, 0) is 9.59 Å². The molecule has 0 fully saturated rings. The van der Waals surface area contributed by atoms with Gasteiger partial charge in [0.2, 0.25) is 5.91 Å². The summed E-state index contributed by atoms with van der Waals surface area (Å²) in [7, 11) is 1.64. The molecule has 0 aliphatic carbocycles. The van der Waals surface area contributed by atoms with E-state index < -0.39 is 18.1 Å². The maximum atomic E-state index is 11.6. The van der Waals surface area contributed by atoms with E-state index in [0.717, 1.165) is 12.8 Å². The van der Waals surface area contributed by atoms with Crippen molar-refractivity contribution in [3.8, 4) is 0 Å². The number of aliphatic carboxylic acids is 1. The highest BCUT2D eigenvalue weighted by Crippen LogP contribution is 2.03. The van der Waals surface area contributed by atoms with E-state index in [-0.39, 0.29) is 5.91 Å². The first-order chi connectivity index (χ1) is 7.41. The topological polar surface area (TPSA) is 69.6 Å². The Balaban J connectivity index is 4.15. The smallest absolute Gasteiger partial charge is 0.320 e. The van der Waals surface area contributed by atoms with Gasteiger partial charge < -0.3 is 10.4 Å². The molecule has 0 heterocycles. The fraction of sp³-hybridized carbons (Fsp3) is 0.818. The van der Waals surface area contributed by atoms with Crippen LogP contribution in [0.25, 0.3) is 0 Å². The number of carboxylic acids is 1. The zero-order valence-electron chi connectivity index (χ0n) is 10.5. The van der Waals surface area contributed by atoms with Crippen LogP contribution >= 0.6 is 0 Å². The van der Waals surface area contributed by atoms with Crippen molar-refractivity contribution in [3.63, 3.8) is 0 Å². The molecule has 94 valence electrons. The molecular formula is C11H22N2O3. The third-order valence-corrected chi connectivity index (χ3v) is 2.79. The molecule has 0 saturated heterocycles. The highest BCUT2D eigenvalue weighted by atomic mass is 16.4. The van der Waals surface area contributed by atoms with Gasteiger partial charge in [0.25, 0.3) is 0 Å². The summed E-state index contributed by atoms with van der Waals surface area (Å²) in [6.07, 6.45) is 1.96. The van der Waals surface area contributed by atoms with Crippen LogP contribution in [0.3, 0.4) is 0 Å². The summed E-state index contributed by atoms with van der Waals surface area (Å²) in [6, 6.07) is -1.09. The molecule has 2 unspecified atom stereocenters. The highest BCUT2D eigenvalue weighted by molar-refractivity contribution is 5.82. The van der Waals surface area contributed by atoms with Gasteiger partial charge in [-0.15, -0.1) is 0 Å². The number of unbranched alkanes of at least 4 members (excludes halogenated alkanes) is 1. The maximum absolute atomic E-state index is 11.6. The molecule has 5 heteroatoms. The quantitative estimate of drug-likeness (QED) is 0.632. The summed E-state index contributed by atoms with van der Waals surface area (Å²) in [5.41, 5.74) is 0. The number of nitrogens with one attached hydrogen (secondary N) is 1. The Morgan fingerprint density at radius 1 is 1.31 bits per heavy atom. The Morgan fingerprint density at radius 3 is 2.31 bits per heavy atom. The van der Waals surface area contributed by atoms with E-state index in [1.165, 1.54) is 0 Å². The van der Waals surface area contributed by atoms with Gasteiger partial charge in [0.1, 0.15) is 6.04 Å². The van der Waals surface area contributed by atoms with Crippen LogP contribution in [0.2, 0.25) is 0 Å². The van der Waals surface area contributed by atoms with E-state index in [4.69, 9.17) is 5.11 Å². The van der Waals surface area contributed by atoms with Gasteiger partial charge in [-0.1, -0.05) is 13.3 Å². The molecule has 5 nitrogen and oxygen atoms in total. The highest BCUT2D eigenvalue weighted by Gasteiger charge is 2.25. The number of carboxylic acid groups (broad SMARTS) is 1. The molecule has 0 aliphatic rings. The van der Waals surface area contributed by atoms with E-state index in [1.54, 1.807) is 25.8 Å². The molecule has 0 bridgehead atoms. The summed E-state index contributed by atoms with van der Waals surface area (Å²) in [5.74, 6) is -1.04. The van der Waals surface area contributed by atoms with Gasteiger partial charge in [-0.3, -0.25) is 14.5 Å². The Hall–Kier alpha value is -1.10. The lowest BCUT2D eigenvalue weighted by Gasteiger charge is -2.27. The number of carbonyl (C=O) groups excluding carboxylic acids is 1. The summed E-state index contributed by atoms with van der Waals surface area (Å²) >= 11 is 0. The Bertz CT molecular complexity index is 243. The van der Waals surface area contributed by atoms with E-state index in [2.05, 4.69) is 5.32 Å². The molecule has 2 atom stereocenters. The first kappa shape index (κ1) is 14.9. The summed E-state index contributed by atoms with van der Waals surface area (Å²) in [6.45, 7) is 5.97. The van der Waals surface area contributed by atoms with Crippen molar-refractivity contribution < 1.29 is 14.7 Å². The molecule has 0 aromatic carbocycles. The van der Waals surface area contributed by atoms with Crippen molar-refractivity contribution in [2.75, 3.05) is 13.6 Å². The fourth-order valence-electron chi connectivity index (χ4n) is 1.23. The van der Waals surface area contributed by atoms with Crippen molar-refractivity contribution in [1.82, 2.24) is 10.2 Å². The minimum Gasteiger partial charge on any atom is -0.480 e. The van der Waals surface area contributed by atoms with Crippen molar-refractivity contribution >= 4 is 11.9 Å². The zero-order chi connectivity index (χ0) is 12.7. The monoisotopic (exact) mass is 230 g/mol. The summed E-state index contributed by atoms with van der Waals surface area (Å²) in [5, 5.41) is 11.6. The summed E-state index contributed by atoms with van der Waals surface area (Å²) in [4.78, 5) is 23.9. The molecule has 16 heavy (non-hydrogen) atoms. The van der Waals surface area contributed by atoms with Crippen molar-refractivity contribution in [1.29, 1.82) is 0 Å². The minimum absolute atomic E-state index is 0.121. The number of likely N-dealkylation sites (N-methyl/N-ethyl adjacent to an activating group) is 1. The first-order valence-corrected chi connectivity index (χ1v) is 5.64. The number of nitrogens with zero attached hydrogens (tertiary/aromatic N) is 1. The van der Waals surface area contributed by atoms with Crippen LogP contribution in [0.15, 0.2) is 0 Å². The van der Waals surface area contributed by atoms with Gasteiger partial charge in [0.05, 0.1) is 6.04 Å². The fourth-order valence-corrected chi connectivity index (χ4v) is 1.23. The van der Waals surface area contributed by atoms with E-state index in [9.17, 15) is 9.59 Å². The molecular weight excluding hydrogens is 208 g/mol. The van der Waals surface area contributed by atoms with Crippen molar-refractivity contribution in [2.24, 2.45) is 0 Å². The first-order valence-electron chi connectivity index (χ1n) is 5.64. The average molecular weight is 230 g/mol. The molecule has 0 saturated carbocycles. The van der Waals surface area contributed by atoms with Gasteiger partial charge in [-0.25, -0.2) is 0 Å². The third-order valence-electron chi connectivity index (χ3n) is 2.79. The minimum atomic E-state index is -0.921.